The molecule has 0 heterocycles. The average molecular weight is 285 g/mol. The van der Waals surface area contributed by atoms with Crippen molar-refractivity contribution in [3.05, 3.63) is 78.7 Å². The molecule has 0 bridgehead atoms. The van der Waals surface area contributed by atoms with Crippen molar-refractivity contribution in [3.8, 4) is 0 Å². The van der Waals surface area contributed by atoms with E-state index in [2.05, 4.69) is 49.4 Å². The van der Waals surface area contributed by atoms with Crippen LogP contribution in [0, 0.1) is 13.0 Å². The first-order chi connectivity index (χ1) is 7.45. The number of hydrogen-bond acceptors (Lipinski definition) is 0. The second-order valence-electron chi connectivity index (χ2n) is 3.07. The van der Waals surface area contributed by atoms with E-state index in [1.54, 1.807) is 6.92 Å². The van der Waals surface area contributed by atoms with Gasteiger partial charge in [-0.15, -0.1) is 0 Å². The van der Waals surface area contributed by atoms with E-state index in [9.17, 15) is 0 Å². The van der Waals surface area contributed by atoms with Gasteiger partial charge in [-0.3, -0.25) is 0 Å². The van der Waals surface area contributed by atoms with Crippen LogP contribution in [0.4, 0.5) is 0 Å². The molecule has 0 nitrogen and oxygen atoms in total. The van der Waals surface area contributed by atoms with Crippen LogP contribution >= 0.6 is 0 Å². The summed E-state index contributed by atoms with van der Waals surface area (Å²) in [7, 11) is 0. The smallest absolute Gasteiger partial charge is 0 e. The number of hydrogen-bond donors (Lipinski definition) is 0. The summed E-state index contributed by atoms with van der Waals surface area (Å²) in [4.78, 5) is 0. The minimum absolute atomic E-state index is 0. The molecule has 0 aliphatic carbocycles. The van der Waals surface area contributed by atoms with Gasteiger partial charge in [0.25, 0.3) is 0 Å². The van der Waals surface area contributed by atoms with E-state index in [0.29, 0.717) is 0 Å². The molecule has 1 heteroatoms. The molecule has 1 radical (unpaired) electrons. The Labute approximate surface area is 124 Å². The fraction of sp³-hybridized carbons (Fsp3) is 0.133. The van der Waals surface area contributed by atoms with Crippen LogP contribution in [-0.2, 0) is 39.1 Å². The molecule has 0 aliphatic rings. The van der Waals surface area contributed by atoms with Gasteiger partial charge < -0.3 is 6.92 Å². The van der Waals surface area contributed by atoms with E-state index >= 15 is 0 Å². The number of benzene rings is 2. The second kappa shape index (κ2) is 9.75. The standard InChI is InChI=1S/C13H11.C2H5.Y/c1-3-7-12(8-4-1)11-13-9-5-2-6-10-13;1-2;/h1,3-10H,11H2;1H2,2H3;/q2*-1;. The Bertz CT molecular complexity index is 316. The van der Waals surface area contributed by atoms with Crippen molar-refractivity contribution in [2.75, 3.05) is 0 Å². The van der Waals surface area contributed by atoms with Gasteiger partial charge in [0.1, 0.15) is 0 Å². The molecule has 0 N–H and O–H groups in total. The molecule has 0 aromatic heterocycles. The van der Waals surface area contributed by atoms with Gasteiger partial charge in [-0.05, 0) is 12.0 Å². The predicted octanol–water partition coefficient (Wildman–Crippen LogP) is 3.92. The number of rotatable bonds is 2. The molecular weight excluding hydrogens is 269 g/mol. The SMILES string of the molecule is [CH2-]C.[Y].[c-]1ccc(Cc2ccccc2)cc1. The van der Waals surface area contributed by atoms with Crippen LogP contribution in [0.1, 0.15) is 18.1 Å². The molecule has 16 heavy (non-hydrogen) atoms. The van der Waals surface area contributed by atoms with Gasteiger partial charge in [-0.25, -0.2) is 0 Å². The summed E-state index contributed by atoms with van der Waals surface area (Å²) in [6.07, 6.45) is 1.01. The fourth-order valence-electron chi connectivity index (χ4n) is 1.37. The van der Waals surface area contributed by atoms with Crippen LogP contribution in [0.2, 0.25) is 0 Å². The Kier molecular flexibility index (Phi) is 9.47. The minimum Gasteiger partial charge on any atom is -0.346 e. The summed E-state index contributed by atoms with van der Waals surface area (Å²) in [6, 6.07) is 21.6. The van der Waals surface area contributed by atoms with E-state index < -0.39 is 0 Å². The monoisotopic (exact) mass is 285 g/mol. The third kappa shape index (κ3) is 5.58. The third-order valence-corrected chi connectivity index (χ3v) is 2.04. The van der Waals surface area contributed by atoms with Gasteiger partial charge in [-0.2, -0.15) is 42.8 Å². The van der Waals surface area contributed by atoms with Crippen LogP contribution < -0.4 is 0 Å². The zero-order chi connectivity index (χ0) is 10.9. The summed E-state index contributed by atoms with van der Waals surface area (Å²) in [5.41, 5.74) is 2.69. The van der Waals surface area contributed by atoms with E-state index in [1.807, 2.05) is 18.2 Å². The van der Waals surface area contributed by atoms with Crippen molar-refractivity contribution in [1.29, 1.82) is 0 Å². The minimum atomic E-state index is 0. The second-order valence-corrected chi connectivity index (χ2v) is 3.07. The molecule has 0 fully saturated rings. The normalized spacial score (nSPS) is 8.38. The first-order valence-electron chi connectivity index (χ1n) is 5.15. The maximum atomic E-state index is 3.25. The quantitative estimate of drug-likeness (QED) is 0.734. The van der Waals surface area contributed by atoms with Gasteiger partial charge in [0.05, 0.1) is 0 Å². The molecule has 0 unspecified atom stereocenters. The van der Waals surface area contributed by atoms with Crippen molar-refractivity contribution in [2.45, 2.75) is 13.3 Å². The molecule has 81 valence electrons. The topological polar surface area (TPSA) is 0 Å². The Morgan fingerprint density at radius 1 is 0.875 bits per heavy atom. The van der Waals surface area contributed by atoms with Crippen LogP contribution in [-0.4, -0.2) is 0 Å². The molecule has 0 spiro atoms. The summed E-state index contributed by atoms with van der Waals surface area (Å²) in [5.74, 6) is 0. The molecule has 2 aromatic rings. The molecular formula is C15H16Y-2. The van der Waals surface area contributed by atoms with Gasteiger partial charge in [0.15, 0.2) is 0 Å². The summed E-state index contributed by atoms with van der Waals surface area (Å²) >= 11 is 0. The maximum Gasteiger partial charge on any atom is 0 e. The molecule has 0 saturated carbocycles. The largest absolute Gasteiger partial charge is 0.346 e. The molecule has 2 rings (SSSR count). The van der Waals surface area contributed by atoms with Crippen LogP contribution in [0.3, 0.4) is 0 Å². The summed E-state index contributed by atoms with van der Waals surface area (Å²) in [5, 5.41) is 0. The van der Waals surface area contributed by atoms with Crippen molar-refractivity contribution >= 4 is 0 Å². The third-order valence-electron chi connectivity index (χ3n) is 2.04. The first-order valence-corrected chi connectivity index (χ1v) is 5.15. The summed E-state index contributed by atoms with van der Waals surface area (Å²) < 4.78 is 0. The molecule has 0 saturated heterocycles. The Morgan fingerprint density at radius 3 is 1.94 bits per heavy atom. The Balaban J connectivity index is 0.000000711. The van der Waals surface area contributed by atoms with Gasteiger partial charge in [0.2, 0.25) is 0 Å². The predicted molar refractivity (Wildman–Crippen MR) is 65.6 cm³/mol. The van der Waals surface area contributed by atoms with E-state index in [-0.39, 0.29) is 32.7 Å². The van der Waals surface area contributed by atoms with E-state index in [4.69, 9.17) is 0 Å². The molecule has 0 aliphatic heterocycles. The maximum absolute atomic E-state index is 3.25. The molecule has 0 atom stereocenters. The van der Waals surface area contributed by atoms with Crippen molar-refractivity contribution in [2.24, 2.45) is 0 Å². The van der Waals surface area contributed by atoms with E-state index in [0.717, 1.165) is 6.42 Å². The zero-order valence-corrected chi connectivity index (χ0v) is 12.5. The van der Waals surface area contributed by atoms with Crippen molar-refractivity contribution in [1.82, 2.24) is 0 Å². The van der Waals surface area contributed by atoms with Crippen LogP contribution in [0.5, 0.6) is 0 Å². The Hall–Kier alpha value is -0.456. The van der Waals surface area contributed by atoms with Gasteiger partial charge in [0, 0.05) is 32.7 Å². The Morgan fingerprint density at radius 2 is 1.38 bits per heavy atom. The molecule has 0 amide bonds. The van der Waals surface area contributed by atoms with Gasteiger partial charge >= 0.3 is 0 Å². The fourth-order valence-corrected chi connectivity index (χ4v) is 1.37. The van der Waals surface area contributed by atoms with Crippen LogP contribution in [0.25, 0.3) is 0 Å². The first kappa shape index (κ1) is 15.5. The van der Waals surface area contributed by atoms with Crippen molar-refractivity contribution in [3.63, 3.8) is 0 Å². The molecule has 2 aromatic carbocycles. The van der Waals surface area contributed by atoms with Crippen molar-refractivity contribution < 1.29 is 32.7 Å². The summed E-state index contributed by atoms with van der Waals surface area (Å²) in [6.45, 7) is 5.00. The average Bonchev–Trinajstić information content (AvgIpc) is 2.34. The van der Waals surface area contributed by atoms with Gasteiger partial charge in [-0.1, -0.05) is 30.3 Å². The zero-order valence-electron chi connectivity index (χ0n) is 9.69. The van der Waals surface area contributed by atoms with Crippen LogP contribution in [0.15, 0.2) is 54.6 Å². The van der Waals surface area contributed by atoms with E-state index in [1.165, 1.54) is 11.1 Å².